The molecule has 0 saturated carbocycles. The fourth-order valence-electron chi connectivity index (χ4n) is 1.46. The largest absolute Gasteiger partial charge is 0.392 e. The number of hydrogen-bond donors (Lipinski definition) is 2. The Morgan fingerprint density at radius 2 is 2.44 bits per heavy atom. The van der Waals surface area contributed by atoms with Crippen molar-refractivity contribution in [3.05, 3.63) is 36.3 Å². The van der Waals surface area contributed by atoms with E-state index in [2.05, 4.69) is 10.3 Å². The van der Waals surface area contributed by atoms with E-state index in [0.29, 0.717) is 11.2 Å². The molecule has 2 heterocycles. The maximum absolute atomic E-state index is 11.8. The van der Waals surface area contributed by atoms with E-state index in [-0.39, 0.29) is 12.5 Å². The van der Waals surface area contributed by atoms with E-state index in [1.54, 1.807) is 35.9 Å². The van der Waals surface area contributed by atoms with Crippen molar-refractivity contribution >= 4 is 11.6 Å². The Morgan fingerprint density at radius 3 is 3.19 bits per heavy atom. The summed E-state index contributed by atoms with van der Waals surface area (Å²) in [7, 11) is 0. The van der Waals surface area contributed by atoms with Crippen LogP contribution in [0.4, 0.5) is 0 Å². The molecule has 0 aliphatic carbocycles. The first-order chi connectivity index (χ1) is 7.68. The van der Waals surface area contributed by atoms with Crippen LogP contribution in [0.1, 0.15) is 17.3 Å². The standard InChI is InChI=1S/C11H13N3O2/c1-8(15)7-13-11(16)9-3-2-5-14-6-4-12-10(9)14/h2-6,8,15H,7H2,1H3,(H,13,16). The number of aliphatic hydroxyl groups excluding tert-OH is 1. The number of nitrogens with one attached hydrogen (secondary N) is 1. The van der Waals surface area contributed by atoms with E-state index in [9.17, 15) is 4.79 Å². The molecule has 2 rings (SSSR count). The fourth-order valence-corrected chi connectivity index (χ4v) is 1.46. The zero-order valence-corrected chi connectivity index (χ0v) is 8.92. The molecule has 16 heavy (non-hydrogen) atoms. The van der Waals surface area contributed by atoms with Crippen LogP contribution in [0.5, 0.6) is 0 Å². The predicted octanol–water partition coefficient (Wildman–Crippen LogP) is 0.445. The molecule has 0 spiro atoms. The van der Waals surface area contributed by atoms with Crippen molar-refractivity contribution in [3.63, 3.8) is 0 Å². The highest BCUT2D eigenvalue weighted by molar-refractivity contribution is 5.99. The van der Waals surface area contributed by atoms with Crippen LogP contribution in [0.25, 0.3) is 5.65 Å². The lowest BCUT2D eigenvalue weighted by Crippen LogP contribution is -2.30. The van der Waals surface area contributed by atoms with Gasteiger partial charge in [-0.25, -0.2) is 4.98 Å². The third-order valence-corrected chi connectivity index (χ3v) is 2.22. The van der Waals surface area contributed by atoms with Gasteiger partial charge in [0.1, 0.15) is 5.65 Å². The van der Waals surface area contributed by atoms with E-state index < -0.39 is 6.10 Å². The Morgan fingerprint density at radius 1 is 1.62 bits per heavy atom. The molecule has 0 aromatic carbocycles. The van der Waals surface area contributed by atoms with Crippen molar-refractivity contribution < 1.29 is 9.90 Å². The highest BCUT2D eigenvalue weighted by Crippen LogP contribution is 2.07. The summed E-state index contributed by atoms with van der Waals surface area (Å²) >= 11 is 0. The van der Waals surface area contributed by atoms with E-state index in [4.69, 9.17) is 5.11 Å². The lowest BCUT2D eigenvalue weighted by molar-refractivity contribution is 0.0925. The molecule has 2 N–H and O–H groups in total. The van der Waals surface area contributed by atoms with E-state index in [1.165, 1.54) is 0 Å². The summed E-state index contributed by atoms with van der Waals surface area (Å²) in [5.41, 5.74) is 1.12. The van der Waals surface area contributed by atoms with Gasteiger partial charge in [0.2, 0.25) is 0 Å². The SMILES string of the molecule is CC(O)CNC(=O)c1cccn2ccnc12. The first kappa shape index (κ1) is 10.6. The van der Waals surface area contributed by atoms with Crippen LogP contribution >= 0.6 is 0 Å². The molecule has 1 amide bonds. The van der Waals surface area contributed by atoms with Crippen LogP contribution < -0.4 is 5.32 Å². The number of carbonyl (C=O) groups is 1. The Bertz CT molecular complexity index is 505. The van der Waals surface area contributed by atoms with Gasteiger partial charge < -0.3 is 14.8 Å². The molecule has 0 aliphatic rings. The molecule has 0 saturated heterocycles. The third kappa shape index (κ3) is 2.04. The molecule has 1 unspecified atom stereocenters. The first-order valence-electron chi connectivity index (χ1n) is 5.06. The smallest absolute Gasteiger partial charge is 0.255 e. The lowest BCUT2D eigenvalue weighted by atomic mass is 10.2. The van der Waals surface area contributed by atoms with Crippen LogP contribution in [0.2, 0.25) is 0 Å². The number of aromatic nitrogens is 2. The van der Waals surface area contributed by atoms with Gasteiger partial charge in [-0.15, -0.1) is 0 Å². The van der Waals surface area contributed by atoms with Gasteiger partial charge in [0.25, 0.3) is 5.91 Å². The van der Waals surface area contributed by atoms with Crippen molar-refractivity contribution in [1.29, 1.82) is 0 Å². The molecule has 5 heteroatoms. The number of nitrogens with zero attached hydrogens (tertiary/aromatic N) is 2. The van der Waals surface area contributed by atoms with Gasteiger partial charge >= 0.3 is 0 Å². The number of rotatable bonds is 3. The van der Waals surface area contributed by atoms with Gasteiger partial charge in [0.05, 0.1) is 11.7 Å². The number of fused-ring (bicyclic) bond motifs is 1. The Balaban J connectivity index is 2.25. The van der Waals surface area contributed by atoms with Gasteiger partial charge in [-0.05, 0) is 19.1 Å². The molecule has 1 atom stereocenters. The average molecular weight is 219 g/mol. The Labute approximate surface area is 92.7 Å². The molecule has 0 bridgehead atoms. The second-order valence-corrected chi connectivity index (χ2v) is 3.64. The summed E-state index contributed by atoms with van der Waals surface area (Å²) in [5, 5.41) is 11.7. The van der Waals surface area contributed by atoms with E-state index >= 15 is 0 Å². The summed E-state index contributed by atoms with van der Waals surface area (Å²) in [4.78, 5) is 15.9. The summed E-state index contributed by atoms with van der Waals surface area (Å²) in [6.45, 7) is 1.86. The molecule has 2 aromatic heterocycles. The van der Waals surface area contributed by atoms with Crippen LogP contribution in [0.15, 0.2) is 30.7 Å². The molecule has 0 aliphatic heterocycles. The summed E-state index contributed by atoms with van der Waals surface area (Å²) in [6, 6.07) is 3.49. The van der Waals surface area contributed by atoms with Crippen molar-refractivity contribution in [3.8, 4) is 0 Å². The zero-order valence-electron chi connectivity index (χ0n) is 8.92. The molecule has 0 radical (unpaired) electrons. The second kappa shape index (κ2) is 4.32. The maximum Gasteiger partial charge on any atom is 0.255 e. The Hall–Kier alpha value is -1.88. The highest BCUT2D eigenvalue weighted by atomic mass is 16.3. The quantitative estimate of drug-likeness (QED) is 0.787. The van der Waals surface area contributed by atoms with Gasteiger partial charge in [0, 0.05) is 25.1 Å². The van der Waals surface area contributed by atoms with Crippen molar-refractivity contribution in [2.75, 3.05) is 6.54 Å². The van der Waals surface area contributed by atoms with E-state index in [1.807, 2.05) is 6.20 Å². The number of aliphatic hydroxyl groups is 1. The zero-order chi connectivity index (χ0) is 11.5. The number of imidazole rings is 1. The molecular weight excluding hydrogens is 206 g/mol. The molecule has 2 aromatic rings. The number of pyridine rings is 1. The highest BCUT2D eigenvalue weighted by Gasteiger charge is 2.11. The number of amides is 1. The molecule has 5 nitrogen and oxygen atoms in total. The van der Waals surface area contributed by atoms with Gasteiger partial charge in [-0.2, -0.15) is 0 Å². The second-order valence-electron chi connectivity index (χ2n) is 3.64. The normalized spacial score (nSPS) is 12.6. The maximum atomic E-state index is 11.8. The minimum atomic E-state index is -0.552. The number of carbonyl (C=O) groups excluding carboxylic acids is 1. The topological polar surface area (TPSA) is 66.6 Å². The molecule has 0 fully saturated rings. The van der Waals surface area contributed by atoms with Crippen LogP contribution in [0, 0.1) is 0 Å². The predicted molar refractivity (Wildman–Crippen MR) is 59.2 cm³/mol. The van der Waals surface area contributed by atoms with E-state index in [0.717, 1.165) is 0 Å². The minimum Gasteiger partial charge on any atom is -0.392 e. The molecular formula is C11H13N3O2. The van der Waals surface area contributed by atoms with Gasteiger partial charge in [-0.1, -0.05) is 0 Å². The summed E-state index contributed by atoms with van der Waals surface area (Å²) < 4.78 is 1.78. The summed E-state index contributed by atoms with van der Waals surface area (Å²) in [5.74, 6) is -0.224. The van der Waals surface area contributed by atoms with Gasteiger partial charge in [0.15, 0.2) is 0 Å². The summed E-state index contributed by atoms with van der Waals surface area (Å²) in [6.07, 6.45) is 4.69. The van der Waals surface area contributed by atoms with Crippen molar-refractivity contribution in [2.45, 2.75) is 13.0 Å². The lowest BCUT2D eigenvalue weighted by Gasteiger charge is -2.07. The minimum absolute atomic E-state index is 0.224. The Kier molecular flexibility index (Phi) is 2.87. The van der Waals surface area contributed by atoms with Crippen LogP contribution in [-0.4, -0.2) is 33.0 Å². The van der Waals surface area contributed by atoms with Crippen molar-refractivity contribution in [1.82, 2.24) is 14.7 Å². The number of hydrogen-bond acceptors (Lipinski definition) is 3. The van der Waals surface area contributed by atoms with Crippen LogP contribution in [-0.2, 0) is 0 Å². The fraction of sp³-hybridized carbons (Fsp3) is 0.273. The third-order valence-electron chi connectivity index (χ3n) is 2.22. The van der Waals surface area contributed by atoms with Gasteiger partial charge in [-0.3, -0.25) is 4.79 Å². The van der Waals surface area contributed by atoms with Crippen LogP contribution in [0.3, 0.4) is 0 Å². The monoisotopic (exact) mass is 219 g/mol. The average Bonchev–Trinajstić information content (AvgIpc) is 2.73. The first-order valence-corrected chi connectivity index (χ1v) is 5.06. The van der Waals surface area contributed by atoms with Crippen molar-refractivity contribution in [2.24, 2.45) is 0 Å². The molecule has 84 valence electrons.